The van der Waals surface area contributed by atoms with Gasteiger partial charge in [-0.1, -0.05) is 16.8 Å². The quantitative estimate of drug-likeness (QED) is 0.517. The molecular formula is C17H13ClN6O2. The molecule has 0 fully saturated rings. The monoisotopic (exact) mass is 368 g/mol. The maximum absolute atomic E-state index is 11.4. The number of rotatable bonds is 2. The van der Waals surface area contributed by atoms with Crippen LogP contribution in [0.5, 0.6) is 0 Å². The number of imidazole rings is 1. The number of nitrogens with zero attached hydrogens (tertiary/aromatic N) is 5. The number of nitrogens with one attached hydrogen (secondary N) is 1. The number of hydrogen-bond acceptors (Lipinski definition) is 5. The SMILES string of the molecule is CCn1cc2c(n1)-c1cc(Cl)ccc1-n1cnc(-c3noc(=O)[nH]3)c1C2. The fourth-order valence-corrected chi connectivity index (χ4v) is 3.52. The summed E-state index contributed by atoms with van der Waals surface area (Å²) < 4.78 is 8.52. The van der Waals surface area contributed by atoms with Crippen molar-refractivity contribution in [1.82, 2.24) is 29.5 Å². The summed E-state index contributed by atoms with van der Waals surface area (Å²) in [5.74, 6) is -0.298. The van der Waals surface area contributed by atoms with Gasteiger partial charge in [0.15, 0.2) is 0 Å². The van der Waals surface area contributed by atoms with Crippen LogP contribution in [-0.4, -0.2) is 29.5 Å². The van der Waals surface area contributed by atoms with E-state index in [1.807, 2.05) is 40.6 Å². The Morgan fingerprint density at radius 2 is 2.23 bits per heavy atom. The minimum Gasteiger partial charge on any atom is -0.301 e. The first-order chi connectivity index (χ1) is 12.6. The first-order valence-electron chi connectivity index (χ1n) is 8.13. The van der Waals surface area contributed by atoms with Crippen molar-refractivity contribution in [3.8, 4) is 28.5 Å². The summed E-state index contributed by atoms with van der Waals surface area (Å²) in [5.41, 5.74) is 5.29. The molecule has 0 amide bonds. The van der Waals surface area contributed by atoms with Crippen molar-refractivity contribution in [3.63, 3.8) is 0 Å². The van der Waals surface area contributed by atoms with Gasteiger partial charge in [-0.25, -0.2) is 9.78 Å². The summed E-state index contributed by atoms with van der Waals surface area (Å²) >= 11 is 6.25. The van der Waals surface area contributed by atoms with Gasteiger partial charge >= 0.3 is 5.76 Å². The number of halogens is 1. The molecule has 3 aromatic heterocycles. The van der Waals surface area contributed by atoms with Gasteiger partial charge in [0.25, 0.3) is 0 Å². The van der Waals surface area contributed by atoms with Crippen LogP contribution in [0.1, 0.15) is 18.2 Å². The zero-order chi connectivity index (χ0) is 17.8. The molecule has 1 aliphatic rings. The van der Waals surface area contributed by atoms with Gasteiger partial charge in [0.05, 0.1) is 17.1 Å². The average Bonchev–Trinajstić information content (AvgIpc) is 3.32. The van der Waals surface area contributed by atoms with Crippen molar-refractivity contribution >= 4 is 11.6 Å². The van der Waals surface area contributed by atoms with Crippen molar-refractivity contribution < 1.29 is 4.52 Å². The summed E-state index contributed by atoms with van der Waals surface area (Å²) in [6.45, 7) is 2.81. The molecule has 0 radical (unpaired) electrons. The molecule has 26 heavy (non-hydrogen) atoms. The molecule has 0 saturated heterocycles. The maximum atomic E-state index is 11.4. The van der Waals surface area contributed by atoms with E-state index in [0.29, 0.717) is 23.0 Å². The number of aromatic amines is 1. The Labute approximate surface area is 152 Å². The van der Waals surface area contributed by atoms with Crippen LogP contribution in [0.4, 0.5) is 0 Å². The summed E-state index contributed by atoms with van der Waals surface area (Å²) in [4.78, 5) is 18.4. The first kappa shape index (κ1) is 15.2. The Balaban J connectivity index is 1.81. The Morgan fingerprint density at radius 3 is 3.00 bits per heavy atom. The van der Waals surface area contributed by atoms with Crippen LogP contribution in [-0.2, 0) is 13.0 Å². The number of benzene rings is 1. The summed E-state index contributed by atoms with van der Waals surface area (Å²) in [5, 5.41) is 9.14. The lowest BCUT2D eigenvalue weighted by molar-refractivity contribution is 0.387. The molecule has 0 atom stereocenters. The number of aromatic nitrogens is 6. The molecule has 4 heterocycles. The Hall–Kier alpha value is -3.13. The van der Waals surface area contributed by atoms with Crippen LogP contribution >= 0.6 is 11.6 Å². The summed E-state index contributed by atoms with van der Waals surface area (Å²) in [7, 11) is 0. The number of hydrogen-bond donors (Lipinski definition) is 1. The Morgan fingerprint density at radius 1 is 1.35 bits per heavy atom. The van der Waals surface area contributed by atoms with E-state index in [4.69, 9.17) is 16.7 Å². The molecule has 0 saturated carbocycles. The molecular weight excluding hydrogens is 356 g/mol. The smallest absolute Gasteiger partial charge is 0.301 e. The minimum absolute atomic E-state index is 0.311. The molecule has 8 nitrogen and oxygen atoms in total. The van der Waals surface area contributed by atoms with Gasteiger partial charge in [0.1, 0.15) is 12.0 Å². The van der Waals surface area contributed by atoms with E-state index >= 15 is 0 Å². The molecule has 1 aromatic carbocycles. The van der Waals surface area contributed by atoms with E-state index in [2.05, 4.69) is 19.6 Å². The standard InChI is InChI=1S/C17H13ClN6O2/c1-2-23-7-9-5-13-15(16-20-17(25)26-22-16)19-8-24(13)12-4-3-10(18)6-11(12)14(9)21-23/h3-4,6-8H,2,5H2,1H3,(H,20,22,25). The van der Waals surface area contributed by atoms with E-state index in [1.54, 1.807) is 6.33 Å². The van der Waals surface area contributed by atoms with Gasteiger partial charge in [-0.2, -0.15) is 5.10 Å². The van der Waals surface area contributed by atoms with Crippen LogP contribution < -0.4 is 5.76 Å². The number of fused-ring (bicyclic) bond motifs is 5. The second-order valence-electron chi connectivity index (χ2n) is 6.05. The lowest BCUT2D eigenvalue weighted by Crippen LogP contribution is -2.02. The minimum atomic E-state index is -0.609. The third-order valence-electron chi connectivity index (χ3n) is 4.52. The van der Waals surface area contributed by atoms with Gasteiger partial charge in [-0.15, -0.1) is 0 Å². The summed E-state index contributed by atoms with van der Waals surface area (Å²) in [6, 6.07) is 5.69. The molecule has 0 bridgehead atoms. The molecule has 0 aliphatic carbocycles. The number of H-pyrrole nitrogens is 1. The van der Waals surface area contributed by atoms with Crippen molar-refractivity contribution in [2.75, 3.05) is 0 Å². The van der Waals surface area contributed by atoms with E-state index in [9.17, 15) is 4.79 Å². The van der Waals surface area contributed by atoms with E-state index in [-0.39, 0.29) is 0 Å². The first-order valence-corrected chi connectivity index (χ1v) is 8.51. The van der Waals surface area contributed by atoms with E-state index in [0.717, 1.165) is 34.7 Å². The van der Waals surface area contributed by atoms with E-state index in [1.165, 1.54) is 0 Å². The van der Waals surface area contributed by atoms with Gasteiger partial charge < -0.3 is 4.57 Å². The van der Waals surface area contributed by atoms with Crippen LogP contribution in [0, 0.1) is 0 Å². The zero-order valence-corrected chi connectivity index (χ0v) is 14.5. The largest absolute Gasteiger partial charge is 0.439 e. The second kappa shape index (κ2) is 5.43. The molecule has 0 unspecified atom stereocenters. The third kappa shape index (κ3) is 2.15. The molecule has 130 valence electrons. The number of aryl methyl sites for hydroxylation is 1. The van der Waals surface area contributed by atoms with Gasteiger partial charge in [0.2, 0.25) is 5.82 Å². The lowest BCUT2D eigenvalue weighted by atomic mass is 10.0. The second-order valence-corrected chi connectivity index (χ2v) is 6.49. The predicted molar refractivity (Wildman–Crippen MR) is 94.4 cm³/mol. The highest BCUT2D eigenvalue weighted by Gasteiger charge is 2.26. The maximum Gasteiger partial charge on any atom is 0.439 e. The van der Waals surface area contributed by atoms with Crippen LogP contribution in [0.2, 0.25) is 5.02 Å². The van der Waals surface area contributed by atoms with Gasteiger partial charge in [-0.05, 0) is 25.1 Å². The van der Waals surface area contributed by atoms with Crippen molar-refractivity contribution in [2.24, 2.45) is 0 Å². The molecule has 9 heteroatoms. The zero-order valence-electron chi connectivity index (χ0n) is 13.7. The third-order valence-corrected chi connectivity index (χ3v) is 4.76. The fourth-order valence-electron chi connectivity index (χ4n) is 3.35. The average molecular weight is 369 g/mol. The molecule has 1 N–H and O–H groups in total. The lowest BCUT2D eigenvalue weighted by Gasteiger charge is -2.09. The summed E-state index contributed by atoms with van der Waals surface area (Å²) in [6.07, 6.45) is 4.33. The fraction of sp³-hybridized carbons (Fsp3) is 0.176. The molecule has 5 rings (SSSR count). The van der Waals surface area contributed by atoms with Crippen molar-refractivity contribution in [3.05, 3.63) is 57.6 Å². The highest BCUT2D eigenvalue weighted by atomic mass is 35.5. The van der Waals surface area contributed by atoms with Crippen molar-refractivity contribution in [2.45, 2.75) is 19.9 Å². The van der Waals surface area contributed by atoms with Crippen molar-refractivity contribution in [1.29, 1.82) is 0 Å². The molecule has 1 aliphatic heterocycles. The normalized spacial score (nSPS) is 12.4. The molecule has 4 aromatic rings. The Bertz CT molecular complexity index is 1200. The molecule has 0 spiro atoms. The Kier molecular flexibility index (Phi) is 3.17. The van der Waals surface area contributed by atoms with Gasteiger partial charge in [-0.3, -0.25) is 14.2 Å². The highest BCUT2D eigenvalue weighted by Crippen LogP contribution is 2.37. The van der Waals surface area contributed by atoms with Crippen LogP contribution in [0.3, 0.4) is 0 Å². The van der Waals surface area contributed by atoms with Gasteiger partial charge in [0, 0.05) is 35.3 Å². The van der Waals surface area contributed by atoms with Crippen LogP contribution in [0.25, 0.3) is 28.5 Å². The van der Waals surface area contributed by atoms with E-state index < -0.39 is 5.76 Å². The topological polar surface area (TPSA) is 94.5 Å². The highest BCUT2D eigenvalue weighted by molar-refractivity contribution is 6.31. The predicted octanol–water partition coefficient (Wildman–Crippen LogP) is 2.66. The van der Waals surface area contributed by atoms with Crippen LogP contribution in [0.15, 0.2) is 40.0 Å².